The molecule has 0 unspecified atom stereocenters. The fourth-order valence-corrected chi connectivity index (χ4v) is 2.61. The van der Waals surface area contributed by atoms with E-state index in [0.29, 0.717) is 0 Å². The standard InChI is InChI=1S/C13H17Cl2NO4S/c1-13(2,3)21(18,19)5-4-20-12(17)8-6-9(14)11(15)10(16)7-8/h6-7H,4-5,16H2,1-3H3. The van der Waals surface area contributed by atoms with E-state index in [0.717, 1.165) is 0 Å². The summed E-state index contributed by atoms with van der Waals surface area (Å²) in [6, 6.07) is 2.65. The molecule has 8 heteroatoms. The Morgan fingerprint density at radius 3 is 2.33 bits per heavy atom. The molecule has 0 aliphatic carbocycles. The Kier molecular flexibility index (Phi) is 5.52. The summed E-state index contributed by atoms with van der Waals surface area (Å²) in [5.74, 6) is -0.955. The van der Waals surface area contributed by atoms with Crippen LogP contribution in [0.5, 0.6) is 0 Å². The maximum absolute atomic E-state index is 11.9. The number of hydrogen-bond donors (Lipinski definition) is 1. The van der Waals surface area contributed by atoms with Crippen molar-refractivity contribution in [2.24, 2.45) is 0 Å². The first kappa shape index (κ1) is 18.1. The zero-order chi connectivity index (χ0) is 16.4. The number of benzene rings is 1. The second kappa shape index (κ2) is 6.42. The molecule has 0 fully saturated rings. The lowest BCUT2D eigenvalue weighted by molar-refractivity contribution is 0.0529. The van der Waals surface area contributed by atoms with Crippen molar-refractivity contribution in [3.63, 3.8) is 0 Å². The van der Waals surface area contributed by atoms with Gasteiger partial charge in [0.1, 0.15) is 6.61 Å². The average Bonchev–Trinajstić information content (AvgIpc) is 2.33. The molecule has 0 saturated carbocycles. The van der Waals surface area contributed by atoms with E-state index in [-0.39, 0.29) is 33.7 Å². The Hall–Kier alpha value is -0.980. The van der Waals surface area contributed by atoms with E-state index >= 15 is 0 Å². The molecule has 2 N–H and O–H groups in total. The summed E-state index contributed by atoms with van der Waals surface area (Å²) in [4.78, 5) is 11.8. The van der Waals surface area contributed by atoms with Crippen molar-refractivity contribution in [2.45, 2.75) is 25.5 Å². The van der Waals surface area contributed by atoms with E-state index in [1.54, 1.807) is 20.8 Å². The van der Waals surface area contributed by atoms with E-state index in [2.05, 4.69) is 0 Å². The molecule has 5 nitrogen and oxygen atoms in total. The van der Waals surface area contributed by atoms with Gasteiger partial charge in [-0.25, -0.2) is 13.2 Å². The number of halogens is 2. The normalized spacial score (nSPS) is 12.2. The van der Waals surface area contributed by atoms with Crippen molar-refractivity contribution in [1.82, 2.24) is 0 Å². The van der Waals surface area contributed by atoms with Gasteiger partial charge in [-0.2, -0.15) is 0 Å². The summed E-state index contributed by atoms with van der Waals surface area (Å²) in [7, 11) is -3.35. The summed E-state index contributed by atoms with van der Waals surface area (Å²) < 4.78 is 27.8. The molecule has 0 amide bonds. The lowest BCUT2D eigenvalue weighted by Crippen LogP contribution is -2.32. The average molecular weight is 354 g/mol. The summed E-state index contributed by atoms with van der Waals surface area (Å²) in [5.41, 5.74) is 5.87. The maximum atomic E-state index is 11.9. The molecule has 0 spiro atoms. The number of sulfone groups is 1. The van der Waals surface area contributed by atoms with Gasteiger partial charge in [0.05, 0.1) is 31.8 Å². The van der Waals surface area contributed by atoms with Crippen LogP contribution in [0.15, 0.2) is 12.1 Å². The molecule has 0 aliphatic heterocycles. The van der Waals surface area contributed by atoms with E-state index in [1.807, 2.05) is 0 Å². The number of nitrogen functional groups attached to an aromatic ring is 1. The number of esters is 1. The van der Waals surface area contributed by atoms with Gasteiger partial charge >= 0.3 is 5.97 Å². The molecule has 0 aromatic heterocycles. The van der Waals surface area contributed by atoms with Crippen LogP contribution in [0.3, 0.4) is 0 Å². The van der Waals surface area contributed by atoms with Gasteiger partial charge in [0, 0.05) is 0 Å². The van der Waals surface area contributed by atoms with Crippen LogP contribution in [0.25, 0.3) is 0 Å². The molecule has 0 bridgehead atoms. The fourth-order valence-electron chi connectivity index (χ4n) is 1.36. The molecule has 0 aliphatic rings. The van der Waals surface area contributed by atoms with Gasteiger partial charge in [-0.15, -0.1) is 0 Å². The Balaban J connectivity index is 2.72. The quantitative estimate of drug-likeness (QED) is 0.664. The van der Waals surface area contributed by atoms with Crippen molar-refractivity contribution >= 4 is 44.7 Å². The topological polar surface area (TPSA) is 86.5 Å². The molecule has 1 aromatic rings. The first-order valence-electron chi connectivity index (χ1n) is 6.09. The Morgan fingerprint density at radius 1 is 1.29 bits per heavy atom. The highest BCUT2D eigenvalue weighted by atomic mass is 35.5. The zero-order valence-corrected chi connectivity index (χ0v) is 14.3. The van der Waals surface area contributed by atoms with Crippen LogP contribution >= 0.6 is 23.2 Å². The lowest BCUT2D eigenvalue weighted by Gasteiger charge is -2.18. The number of rotatable bonds is 4. The summed E-state index contributed by atoms with van der Waals surface area (Å²) in [6.07, 6.45) is 0. The fraction of sp³-hybridized carbons (Fsp3) is 0.462. The molecule has 21 heavy (non-hydrogen) atoms. The van der Waals surface area contributed by atoms with Crippen LogP contribution in [-0.2, 0) is 14.6 Å². The highest BCUT2D eigenvalue weighted by Gasteiger charge is 2.28. The Bertz CT molecular complexity index is 628. The van der Waals surface area contributed by atoms with Gasteiger partial charge in [-0.3, -0.25) is 0 Å². The number of anilines is 1. The number of nitrogens with two attached hydrogens (primary N) is 1. The van der Waals surface area contributed by atoms with Crippen LogP contribution < -0.4 is 5.73 Å². The van der Waals surface area contributed by atoms with Crippen molar-refractivity contribution in [1.29, 1.82) is 0 Å². The van der Waals surface area contributed by atoms with Crippen LogP contribution in [0.1, 0.15) is 31.1 Å². The van der Waals surface area contributed by atoms with Gasteiger partial charge in [0.15, 0.2) is 9.84 Å². The van der Waals surface area contributed by atoms with Crippen molar-refractivity contribution in [3.8, 4) is 0 Å². The molecule has 0 heterocycles. The van der Waals surface area contributed by atoms with Gasteiger partial charge < -0.3 is 10.5 Å². The van der Waals surface area contributed by atoms with Gasteiger partial charge in [-0.05, 0) is 32.9 Å². The SMILES string of the molecule is CC(C)(C)S(=O)(=O)CCOC(=O)c1cc(N)c(Cl)c(Cl)c1. The number of hydrogen-bond acceptors (Lipinski definition) is 5. The van der Waals surface area contributed by atoms with Crippen molar-refractivity contribution < 1.29 is 17.9 Å². The first-order valence-corrected chi connectivity index (χ1v) is 8.50. The predicted molar refractivity (Wildman–Crippen MR) is 84.7 cm³/mol. The van der Waals surface area contributed by atoms with Gasteiger partial charge in [-0.1, -0.05) is 23.2 Å². The highest BCUT2D eigenvalue weighted by molar-refractivity contribution is 7.92. The van der Waals surface area contributed by atoms with Crippen LogP contribution in [0, 0.1) is 0 Å². The molecule has 0 atom stereocenters. The Morgan fingerprint density at radius 2 is 1.86 bits per heavy atom. The molecule has 0 saturated heterocycles. The molecular formula is C13H17Cl2NO4S. The summed E-state index contributed by atoms with van der Waals surface area (Å²) in [5, 5.41) is 0.287. The van der Waals surface area contributed by atoms with Gasteiger partial charge in [0.25, 0.3) is 0 Å². The monoisotopic (exact) mass is 353 g/mol. The number of carbonyl (C=O) groups is 1. The lowest BCUT2D eigenvalue weighted by atomic mass is 10.2. The predicted octanol–water partition coefficient (Wildman–Crippen LogP) is 2.95. The zero-order valence-electron chi connectivity index (χ0n) is 11.9. The second-order valence-corrected chi connectivity index (χ2v) is 9.08. The van der Waals surface area contributed by atoms with Crippen molar-refractivity contribution in [2.75, 3.05) is 18.1 Å². The second-order valence-electron chi connectivity index (χ2n) is 5.43. The minimum Gasteiger partial charge on any atom is -0.461 e. The third-order valence-electron chi connectivity index (χ3n) is 2.81. The number of ether oxygens (including phenoxy) is 1. The van der Waals surface area contributed by atoms with Crippen LogP contribution in [0.4, 0.5) is 5.69 Å². The number of carbonyl (C=O) groups excluding carboxylic acids is 1. The third kappa shape index (κ3) is 4.49. The molecular weight excluding hydrogens is 337 g/mol. The molecule has 118 valence electrons. The summed E-state index contributed by atoms with van der Waals surface area (Å²) >= 11 is 11.6. The van der Waals surface area contributed by atoms with E-state index in [4.69, 9.17) is 33.7 Å². The third-order valence-corrected chi connectivity index (χ3v) is 6.20. The van der Waals surface area contributed by atoms with Crippen molar-refractivity contribution in [3.05, 3.63) is 27.7 Å². The largest absolute Gasteiger partial charge is 0.461 e. The summed E-state index contributed by atoms with van der Waals surface area (Å²) in [6.45, 7) is 4.52. The first-order chi connectivity index (χ1) is 9.45. The highest BCUT2D eigenvalue weighted by Crippen LogP contribution is 2.29. The van der Waals surface area contributed by atoms with E-state index in [9.17, 15) is 13.2 Å². The van der Waals surface area contributed by atoms with E-state index < -0.39 is 20.6 Å². The van der Waals surface area contributed by atoms with Gasteiger partial charge in [0.2, 0.25) is 0 Å². The minimum atomic E-state index is -3.35. The molecule has 1 aromatic carbocycles. The maximum Gasteiger partial charge on any atom is 0.338 e. The minimum absolute atomic E-state index is 0.120. The molecule has 1 rings (SSSR count). The van der Waals surface area contributed by atoms with E-state index in [1.165, 1.54) is 12.1 Å². The molecule has 0 radical (unpaired) electrons. The smallest absolute Gasteiger partial charge is 0.338 e. The van der Waals surface area contributed by atoms with Crippen LogP contribution in [0.2, 0.25) is 10.0 Å². The van der Waals surface area contributed by atoms with Crippen LogP contribution in [-0.4, -0.2) is 31.5 Å². The Labute approximate surface area is 134 Å².